The van der Waals surface area contributed by atoms with Crippen molar-refractivity contribution in [2.45, 2.75) is 23.9 Å². The van der Waals surface area contributed by atoms with Crippen molar-refractivity contribution in [2.75, 3.05) is 25.9 Å². The highest BCUT2D eigenvalue weighted by Crippen LogP contribution is 2.35. The molecular weight excluding hydrogens is 542 g/mol. The van der Waals surface area contributed by atoms with Gasteiger partial charge in [-0.2, -0.15) is 0 Å². The second-order valence-corrected chi connectivity index (χ2v) is 10.6. The predicted molar refractivity (Wildman–Crippen MR) is 141 cm³/mol. The minimum Gasteiger partial charge on any atom is -0.493 e. The minimum absolute atomic E-state index is 0.0221. The van der Waals surface area contributed by atoms with E-state index in [1.165, 1.54) is 49.5 Å². The molecule has 0 radical (unpaired) electrons. The van der Waals surface area contributed by atoms with E-state index < -0.39 is 33.8 Å². The number of imide groups is 1. The van der Waals surface area contributed by atoms with E-state index in [4.69, 9.17) is 24.1 Å². The molecule has 3 aromatic rings. The largest absolute Gasteiger partial charge is 0.493 e. The lowest BCUT2D eigenvalue weighted by molar-refractivity contribution is -0.122. The summed E-state index contributed by atoms with van der Waals surface area (Å²) in [5.41, 5.74) is 1.02. The molecule has 1 fully saturated rings. The van der Waals surface area contributed by atoms with Crippen LogP contribution < -0.4 is 29.0 Å². The summed E-state index contributed by atoms with van der Waals surface area (Å²) in [5, 5.41) is 5.16. The summed E-state index contributed by atoms with van der Waals surface area (Å²) >= 11 is 0. The Labute approximate surface area is 229 Å². The summed E-state index contributed by atoms with van der Waals surface area (Å²) in [6, 6.07) is 13.7. The quantitative estimate of drug-likeness (QED) is 0.403. The highest BCUT2D eigenvalue weighted by molar-refractivity contribution is 7.89. The molecule has 2 heterocycles. The van der Waals surface area contributed by atoms with Gasteiger partial charge in [0.1, 0.15) is 6.04 Å². The summed E-state index contributed by atoms with van der Waals surface area (Å²) < 4.78 is 44.7. The van der Waals surface area contributed by atoms with Gasteiger partial charge in [-0.05, 0) is 60.2 Å². The number of carbonyl (C=O) groups excluding carboxylic acids is 3. The van der Waals surface area contributed by atoms with Gasteiger partial charge in [0.15, 0.2) is 23.0 Å². The third kappa shape index (κ3) is 5.03. The van der Waals surface area contributed by atoms with E-state index >= 15 is 0 Å². The van der Waals surface area contributed by atoms with Gasteiger partial charge in [0.25, 0.3) is 11.8 Å². The summed E-state index contributed by atoms with van der Waals surface area (Å²) in [4.78, 5) is 42.7. The zero-order valence-corrected chi connectivity index (χ0v) is 22.3. The van der Waals surface area contributed by atoms with Crippen LogP contribution in [0.25, 0.3) is 0 Å². The second kappa shape index (κ2) is 10.5. The third-order valence-electron chi connectivity index (χ3n) is 6.60. The molecular formula is C27H25N3O9S. The van der Waals surface area contributed by atoms with E-state index in [9.17, 15) is 22.8 Å². The molecule has 2 N–H and O–H groups in total. The van der Waals surface area contributed by atoms with Crippen LogP contribution in [-0.4, -0.2) is 58.1 Å². The van der Waals surface area contributed by atoms with Crippen LogP contribution >= 0.6 is 0 Å². The average molecular weight is 568 g/mol. The standard InChI is InChI=1S/C27H25N3O9S/c1-36-21-10-4-17(12-23(21)37-2)26(32)29(14-16-3-9-22-24(11-16)39-15-38-22)20-13-25(31)30(27(20)33)18-5-7-19(8-6-18)40(28,34)35/h3-12,20H,13-15H2,1-2H3,(H2,28,34,35). The fraction of sp³-hybridized carbons (Fsp3) is 0.222. The second-order valence-electron chi connectivity index (χ2n) is 9.02. The van der Waals surface area contributed by atoms with Crippen LogP contribution in [0.4, 0.5) is 5.69 Å². The molecule has 0 aromatic heterocycles. The molecule has 2 aliphatic rings. The fourth-order valence-electron chi connectivity index (χ4n) is 4.61. The SMILES string of the molecule is COc1ccc(C(=O)N(Cc2ccc3c(c2)OCO3)C2CC(=O)N(c3ccc(S(N)(=O)=O)cc3)C2=O)cc1OC. The summed E-state index contributed by atoms with van der Waals surface area (Å²) in [6.07, 6.45) is -0.278. The molecule has 3 amide bonds. The van der Waals surface area contributed by atoms with Crippen LogP contribution in [0.15, 0.2) is 65.6 Å². The first-order valence-electron chi connectivity index (χ1n) is 12.0. The first kappa shape index (κ1) is 27.0. The number of benzene rings is 3. The molecule has 0 aliphatic carbocycles. The smallest absolute Gasteiger partial charge is 0.257 e. The van der Waals surface area contributed by atoms with Crippen molar-refractivity contribution < 1.29 is 41.7 Å². The number of nitrogens with zero attached hydrogens (tertiary/aromatic N) is 2. The number of primary sulfonamides is 1. The topological polar surface area (TPSA) is 155 Å². The molecule has 0 saturated carbocycles. The molecule has 5 rings (SSSR count). The van der Waals surface area contributed by atoms with Crippen LogP contribution in [0.2, 0.25) is 0 Å². The van der Waals surface area contributed by atoms with Crippen molar-refractivity contribution in [1.82, 2.24) is 4.90 Å². The zero-order chi connectivity index (χ0) is 28.6. The molecule has 208 valence electrons. The number of anilines is 1. The Morgan fingerprint density at radius 2 is 1.68 bits per heavy atom. The van der Waals surface area contributed by atoms with Crippen molar-refractivity contribution >= 4 is 33.4 Å². The van der Waals surface area contributed by atoms with Gasteiger partial charge in [-0.3, -0.25) is 14.4 Å². The van der Waals surface area contributed by atoms with Gasteiger partial charge in [-0.25, -0.2) is 18.5 Å². The number of fused-ring (bicyclic) bond motifs is 1. The minimum atomic E-state index is -3.97. The maximum atomic E-state index is 13.9. The number of methoxy groups -OCH3 is 2. The van der Waals surface area contributed by atoms with Crippen LogP contribution in [-0.2, 0) is 26.2 Å². The molecule has 2 aliphatic heterocycles. The summed E-state index contributed by atoms with van der Waals surface area (Å²) in [7, 11) is -1.06. The van der Waals surface area contributed by atoms with E-state index in [0.717, 1.165) is 4.90 Å². The van der Waals surface area contributed by atoms with Crippen LogP contribution in [0.3, 0.4) is 0 Å². The molecule has 12 nitrogen and oxygen atoms in total. The number of amides is 3. The summed E-state index contributed by atoms with van der Waals surface area (Å²) in [6.45, 7) is 0.0492. The first-order valence-corrected chi connectivity index (χ1v) is 13.6. The number of hydrogen-bond acceptors (Lipinski definition) is 9. The average Bonchev–Trinajstić information content (AvgIpc) is 3.53. The van der Waals surface area contributed by atoms with Gasteiger partial charge in [-0.15, -0.1) is 0 Å². The van der Waals surface area contributed by atoms with Gasteiger partial charge in [-0.1, -0.05) is 6.07 Å². The van der Waals surface area contributed by atoms with Crippen molar-refractivity contribution in [3.05, 3.63) is 71.8 Å². The Balaban J connectivity index is 1.50. The number of ether oxygens (including phenoxy) is 4. The van der Waals surface area contributed by atoms with Gasteiger partial charge in [0.2, 0.25) is 22.7 Å². The maximum Gasteiger partial charge on any atom is 0.257 e. The van der Waals surface area contributed by atoms with Gasteiger partial charge < -0.3 is 23.8 Å². The molecule has 3 aromatic carbocycles. The molecule has 40 heavy (non-hydrogen) atoms. The van der Waals surface area contributed by atoms with Gasteiger partial charge in [0.05, 0.1) is 31.2 Å². The van der Waals surface area contributed by atoms with Crippen LogP contribution in [0.1, 0.15) is 22.3 Å². The first-order chi connectivity index (χ1) is 19.1. The molecule has 0 bridgehead atoms. The van der Waals surface area contributed by atoms with E-state index in [-0.39, 0.29) is 35.9 Å². The Hall–Kier alpha value is -4.62. The van der Waals surface area contributed by atoms with E-state index in [1.54, 1.807) is 30.3 Å². The van der Waals surface area contributed by atoms with Crippen molar-refractivity contribution in [1.29, 1.82) is 0 Å². The number of hydrogen-bond donors (Lipinski definition) is 1. The van der Waals surface area contributed by atoms with E-state index in [2.05, 4.69) is 0 Å². The molecule has 1 saturated heterocycles. The monoisotopic (exact) mass is 567 g/mol. The number of nitrogens with two attached hydrogens (primary N) is 1. The van der Waals surface area contributed by atoms with Crippen LogP contribution in [0.5, 0.6) is 23.0 Å². The molecule has 0 spiro atoms. The fourth-order valence-corrected chi connectivity index (χ4v) is 5.13. The molecule has 1 atom stereocenters. The summed E-state index contributed by atoms with van der Waals surface area (Å²) in [5.74, 6) is 0.0989. The number of sulfonamides is 1. The van der Waals surface area contributed by atoms with E-state index in [1.807, 2.05) is 0 Å². The van der Waals surface area contributed by atoms with Crippen molar-refractivity contribution in [2.24, 2.45) is 5.14 Å². The lowest BCUT2D eigenvalue weighted by atomic mass is 10.1. The van der Waals surface area contributed by atoms with E-state index in [0.29, 0.717) is 28.6 Å². The van der Waals surface area contributed by atoms with Gasteiger partial charge >= 0.3 is 0 Å². The third-order valence-corrected chi connectivity index (χ3v) is 7.53. The van der Waals surface area contributed by atoms with Crippen molar-refractivity contribution in [3.8, 4) is 23.0 Å². The Kier molecular flexibility index (Phi) is 7.08. The predicted octanol–water partition coefficient (Wildman–Crippen LogP) is 2.05. The maximum absolute atomic E-state index is 13.9. The van der Waals surface area contributed by atoms with Crippen molar-refractivity contribution in [3.63, 3.8) is 0 Å². The Morgan fingerprint density at radius 3 is 2.35 bits per heavy atom. The lowest BCUT2D eigenvalue weighted by Crippen LogP contribution is -2.45. The highest BCUT2D eigenvalue weighted by Gasteiger charge is 2.44. The highest BCUT2D eigenvalue weighted by atomic mass is 32.2. The molecule has 1 unspecified atom stereocenters. The Morgan fingerprint density at radius 1 is 0.975 bits per heavy atom. The Bertz CT molecular complexity index is 1610. The van der Waals surface area contributed by atoms with Crippen LogP contribution in [0, 0.1) is 0 Å². The number of rotatable bonds is 8. The van der Waals surface area contributed by atoms with Gasteiger partial charge in [0, 0.05) is 12.1 Å². The normalized spacial score (nSPS) is 16.3. The molecule has 13 heteroatoms. The lowest BCUT2D eigenvalue weighted by Gasteiger charge is -2.28. The number of carbonyl (C=O) groups is 3. The zero-order valence-electron chi connectivity index (χ0n) is 21.5.